The van der Waals surface area contributed by atoms with Crippen molar-refractivity contribution in [2.24, 2.45) is 0 Å². The van der Waals surface area contributed by atoms with Crippen LogP contribution in [0.15, 0.2) is 6.07 Å². The molecule has 17 heavy (non-hydrogen) atoms. The lowest BCUT2D eigenvalue weighted by Crippen LogP contribution is -2.42. The molecule has 0 aliphatic rings. The highest BCUT2D eigenvalue weighted by Crippen LogP contribution is 2.22. The standard InChI is InChI=1S/C12H17NO3S/c1-5-10(12(15)16)13(4)11(14)9-6-7(2)17-8(9)3/h6,10H,5H2,1-4H3,(H,15,16). The van der Waals surface area contributed by atoms with E-state index in [4.69, 9.17) is 5.11 Å². The maximum absolute atomic E-state index is 12.2. The number of carboxylic acid groups (broad SMARTS) is 1. The van der Waals surface area contributed by atoms with Crippen molar-refractivity contribution in [2.45, 2.75) is 33.2 Å². The smallest absolute Gasteiger partial charge is 0.326 e. The number of likely N-dealkylation sites (N-methyl/N-ethyl adjacent to an activating group) is 1. The van der Waals surface area contributed by atoms with Gasteiger partial charge in [0.15, 0.2) is 0 Å². The third kappa shape index (κ3) is 2.85. The summed E-state index contributed by atoms with van der Waals surface area (Å²) in [5.41, 5.74) is 0.606. The SMILES string of the molecule is CCC(C(=O)O)N(C)C(=O)c1cc(C)sc1C. The Morgan fingerprint density at radius 1 is 1.47 bits per heavy atom. The molecule has 1 aromatic heterocycles. The molecule has 1 rings (SSSR count). The molecule has 94 valence electrons. The quantitative estimate of drug-likeness (QED) is 0.898. The molecule has 0 saturated carbocycles. The predicted molar refractivity (Wildman–Crippen MR) is 67.6 cm³/mol. The highest BCUT2D eigenvalue weighted by atomic mass is 32.1. The molecule has 4 nitrogen and oxygen atoms in total. The zero-order chi connectivity index (χ0) is 13.2. The second kappa shape index (κ2) is 5.31. The van der Waals surface area contributed by atoms with E-state index in [1.54, 1.807) is 18.3 Å². The van der Waals surface area contributed by atoms with Crippen molar-refractivity contribution in [2.75, 3.05) is 7.05 Å². The van der Waals surface area contributed by atoms with Gasteiger partial charge in [0.25, 0.3) is 5.91 Å². The number of amides is 1. The van der Waals surface area contributed by atoms with Crippen molar-refractivity contribution in [1.82, 2.24) is 4.90 Å². The molecule has 1 N–H and O–H groups in total. The van der Waals surface area contributed by atoms with Gasteiger partial charge in [-0.25, -0.2) is 4.79 Å². The monoisotopic (exact) mass is 255 g/mol. The molecule has 0 bridgehead atoms. The fraction of sp³-hybridized carbons (Fsp3) is 0.500. The average molecular weight is 255 g/mol. The van der Waals surface area contributed by atoms with Gasteiger partial charge in [0.1, 0.15) is 6.04 Å². The summed E-state index contributed by atoms with van der Waals surface area (Å²) in [6.07, 6.45) is 0.403. The van der Waals surface area contributed by atoms with E-state index in [0.29, 0.717) is 12.0 Å². The summed E-state index contributed by atoms with van der Waals surface area (Å²) >= 11 is 1.55. The Morgan fingerprint density at radius 2 is 2.06 bits per heavy atom. The Bertz CT molecular complexity index is 439. The molecule has 1 amide bonds. The fourth-order valence-corrected chi connectivity index (χ4v) is 2.70. The van der Waals surface area contributed by atoms with E-state index < -0.39 is 12.0 Å². The van der Waals surface area contributed by atoms with Crippen molar-refractivity contribution in [3.8, 4) is 0 Å². The number of aryl methyl sites for hydroxylation is 2. The van der Waals surface area contributed by atoms with Crippen LogP contribution in [-0.4, -0.2) is 35.0 Å². The van der Waals surface area contributed by atoms with Gasteiger partial charge in [-0.05, 0) is 26.3 Å². The number of aliphatic carboxylic acids is 1. The minimum absolute atomic E-state index is 0.221. The number of nitrogens with zero attached hydrogens (tertiary/aromatic N) is 1. The lowest BCUT2D eigenvalue weighted by atomic mass is 10.1. The van der Waals surface area contributed by atoms with Crippen molar-refractivity contribution in [3.63, 3.8) is 0 Å². The van der Waals surface area contributed by atoms with Crippen LogP contribution in [0.5, 0.6) is 0 Å². The molecule has 1 aromatic rings. The van der Waals surface area contributed by atoms with E-state index in [1.165, 1.54) is 11.9 Å². The summed E-state index contributed by atoms with van der Waals surface area (Å²) in [6.45, 7) is 5.57. The summed E-state index contributed by atoms with van der Waals surface area (Å²) in [7, 11) is 1.54. The van der Waals surface area contributed by atoms with E-state index in [2.05, 4.69) is 0 Å². The zero-order valence-corrected chi connectivity index (χ0v) is 11.3. The number of hydrogen-bond acceptors (Lipinski definition) is 3. The Balaban J connectivity index is 2.97. The van der Waals surface area contributed by atoms with E-state index in [1.807, 2.05) is 19.9 Å². The summed E-state index contributed by atoms with van der Waals surface area (Å²) in [5, 5.41) is 9.02. The minimum atomic E-state index is -0.965. The topological polar surface area (TPSA) is 57.6 Å². The number of thiophene rings is 1. The van der Waals surface area contributed by atoms with Crippen molar-refractivity contribution in [1.29, 1.82) is 0 Å². The lowest BCUT2D eigenvalue weighted by Gasteiger charge is -2.23. The van der Waals surface area contributed by atoms with Crippen LogP contribution in [0.3, 0.4) is 0 Å². The molecule has 1 unspecified atom stereocenters. The van der Waals surface area contributed by atoms with Gasteiger partial charge in [-0.15, -0.1) is 11.3 Å². The van der Waals surface area contributed by atoms with E-state index in [9.17, 15) is 9.59 Å². The van der Waals surface area contributed by atoms with Crippen molar-refractivity contribution < 1.29 is 14.7 Å². The Hall–Kier alpha value is -1.36. The molecule has 0 saturated heterocycles. The van der Waals surface area contributed by atoms with E-state index >= 15 is 0 Å². The maximum atomic E-state index is 12.2. The number of carbonyl (C=O) groups excluding carboxylic acids is 1. The highest BCUT2D eigenvalue weighted by Gasteiger charge is 2.26. The van der Waals surface area contributed by atoms with Gasteiger partial charge in [-0.3, -0.25) is 4.79 Å². The van der Waals surface area contributed by atoms with Crippen LogP contribution in [-0.2, 0) is 4.79 Å². The molecule has 1 atom stereocenters. The molecule has 0 radical (unpaired) electrons. The van der Waals surface area contributed by atoms with Crippen LogP contribution in [0, 0.1) is 13.8 Å². The van der Waals surface area contributed by atoms with Gasteiger partial charge >= 0.3 is 5.97 Å². The van der Waals surface area contributed by atoms with Crippen LogP contribution in [0.1, 0.15) is 33.5 Å². The maximum Gasteiger partial charge on any atom is 0.326 e. The number of rotatable bonds is 4. The first-order chi connectivity index (χ1) is 7.88. The van der Waals surface area contributed by atoms with Gasteiger partial charge in [0.05, 0.1) is 5.56 Å². The van der Waals surface area contributed by atoms with Gasteiger partial charge in [-0.1, -0.05) is 6.92 Å². The van der Waals surface area contributed by atoms with Crippen LogP contribution in [0.2, 0.25) is 0 Å². The molecular formula is C12H17NO3S. The van der Waals surface area contributed by atoms with E-state index in [-0.39, 0.29) is 5.91 Å². The van der Waals surface area contributed by atoms with Gasteiger partial charge in [-0.2, -0.15) is 0 Å². The van der Waals surface area contributed by atoms with Gasteiger partial charge < -0.3 is 10.0 Å². The molecule has 0 spiro atoms. The Kier molecular flexibility index (Phi) is 4.28. The van der Waals surface area contributed by atoms with E-state index in [0.717, 1.165) is 9.75 Å². The normalized spacial score (nSPS) is 12.2. The first-order valence-electron chi connectivity index (χ1n) is 5.45. The molecule has 0 aromatic carbocycles. The lowest BCUT2D eigenvalue weighted by molar-refractivity contribution is -0.142. The third-order valence-electron chi connectivity index (χ3n) is 2.73. The molecule has 0 fully saturated rings. The van der Waals surface area contributed by atoms with Gasteiger partial charge in [0.2, 0.25) is 0 Å². The van der Waals surface area contributed by atoms with Crippen molar-refractivity contribution in [3.05, 3.63) is 21.4 Å². The molecule has 0 aliphatic heterocycles. The average Bonchev–Trinajstić information content (AvgIpc) is 2.57. The molecule has 0 aliphatic carbocycles. The van der Waals surface area contributed by atoms with Crippen molar-refractivity contribution >= 4 is 23.2 Å². The van der Waals surface area contributed by atoms with Crippen LogP contribution >= 0.6 is 11.3 Å². The second-order valence-electron chi connectivity index (χ2n) is 4.01. The summed E-state index contributed by atoms with van der Waals surface area (Å²) < 4.78 is 0. The Labute approximate surface area is 105 Å². The van der Waals surface area contributed by atoms with Crippen LogP contribution in [0.4, 0.5) is 0 Å². The third-order valence-corrected chi connectivity index (χ3v) is 3.70. The first-order valence-corrected chi connectivity index (χ1v) is 6.27. The summed E-state index contributed by atoms with van der Waals surface area (Å²) in [4.78, 5) is 26.5. The molecule has 5 heteroatoms. The largest absolute Gasteiger partial charge is 0.480 e. The number of carbonyl (C=O) groups is 2. The zero-order valence-electron chi connectivity index (χ0n) is 10.5. The summed E-state index contributed by atoms with van der Waals surface area (Å²) in [5.74, 6) is -1.19. The molecular weight excluding hydrogens is 238 g/mol. The fourth-order valence-electron chi connectivity index (χ4n) is 1.79. The predicted octanol–water partition coefficient (Wildman–Crippen LogP) is 2.30. The highest BCUT2D eigenvalue weighted by molar-refractivity contribution is 7.12. The molecule has 1 heterocycles. The van der Waals surface area contributed by atoms with Gasteiger partial charge in [0, 0.05) is 16.8 Å². The van der Waals surface area contributed by atoms with Crippen LogP contribution in [0.25, 0.3) is 0 Å². The Morgan fingerprint density at radius 3 is 2.41 bits per heavy atom. The van der Waals surface area contributed by atoms with Crippen LogP contribution < -0.4 is 0 Å². The number of hydrogen-bond donors (Lipinski definition) is 1. The summed E-state index contributed by atoms with van der Waals surface area (Å²) in [6, 6.07) is 1.05. The first kappa shape index (κ1) is 13.7. The number of carboxylic acids is 1. The minimum Gasteiger partial charge on any atom is -0.480 e. The second-order valence-corrected chi connectivity index (χ2v) is 5.47.